The molecule has 1 aliphatic rings. The largest absolute Gasteiger partial charge is 0.381 e. The van der Waals surface area contributed by atoms with Gasteiger partial charge in [-0.1, -0.05) is 22.4 Å². The van der Waals surface area contributed by atoms with Crippen LogP contribution < -0.4 is 9.80 Å². The summed E-state index contributed by atoms with van der Waals surface area (Å²) in [5.41, 5.74) is 20.2. The van der Waals surface area contributed by atoms with E-state index < -0.39 is 0 Å². The summed E-state index contributed by atoms with van der Waals surface area (Å²) in [7, 11) is 3.22. The van der Waals surface area contributed by atoms with Crippen LogP contribution in [0.4, 0.5) is 11.4 Å². The average Bonchev–Trinajstić information content (AvgIpc) is 3.60. The molecule has 0 unspecified atom stereocenters. The van der Waals surface area contributed by atoms with Gasteiger partial charge in [0, 0.05) is 99.0 Å². The van der Waals surface area contributed by atoms with Crippen LogP contribution in [0.25, 0.3) is 20.9 Å². The SMILES string of the molecule is C1CCOC1.CCN(CCN=[N+]=[N-])c1ccc(C(OC)OC)cc1.CCN(CCN=[N+]=[N-])c1ccc(C=O)cc1. The second kappa shape index (κ2) is 22.1. The minimum absolute atomic E-state index is 0.340. The summed E-state index contributed by atoms with van der Waals surface area (Å²) in [6.07, 6.45) is 3.03. The van der Waals surface area contributed by atoms with Gasteiger partial charge in [0.1, 0.15) is 6.29 Å². The smallest absolute Gasteiger partial charge is 0.183 e. The number of likely N-dealkylation sites (N-methyl/N-ethyl adjacent to an activating group) is 2. The third-order valence-corrected chi connectivity index (χ3v) is 6.01. The molecular weight excluding hydrogens is 512 g/mol. The van der Waals surface area contributed by atoms with Crippen molar-refractivity contribution in [1.29, 1.82) is 0 Å². The predicted octanol–water partition coefficient (Wildman–Crippen LogP) is 6.55. The highest BCUT2D eigenvalue weighted by Gasteiger charge is 2.10. The minimum atomic E-state index is -0.340. The molecule has 0 saturated carbocycles. The zero-order valence-corrected chi connectivity index (χ0v) is 24.1. The van der Waals surface area contributed by atoms with Gasteiger partial charge in [-0.15, -0.1) is 0 Å². The standard InChI is InChI=1S/C13H20N4O2.C11H14N4O.C4H8O/c1-4-17(10-9-15-16-14)12-7-5-11(6-8-12)13(18-2)19-3;1-2-15(8-7-13-14-12)11-5-3-10(9-16)4-6-11;1-2-4-5-3-1/h5-8,13H,4,9-10H2,1-3H3;3-6,9H,2,7-8H2,1H3;1-4H2. The van der Waals surface area contributed by atoms with Gasteiger partial charge in [0.25, 0.3) is 0 Å². The summed E-state index contributed by atoms with van der Waals surface area (Å²) >= 11 is 0. The molecule has 0 amide bonds. The normalized spacial score (nSPS) is 11.6. The summed E-state index contributed by atoms with van der Waals surface area (Å²) in [4.78, 5) is 20.2. The van der Waals surface area contributed by atoms with Crippen LogP contribution in [0.2, 0.25) is 0 Å². The first kappa shape index (κ1) is 34.2. The molecule has 40 heavy (non-hydrogen) atoms. The lowest BCUT2D eigenvalue weighted by molar-refractivity contribution is -0.106. The van der Waals surface area contributed by atoms with E-state index in [0.29, 0.717) is 31.7 Å². The van der Waals surface area contributed by atoms with Gasteiger partial charge in [0.15, 0.2) is 6.29 Å². The van der Waals surface area contributed by atoms with Crippen molar-refractivity contribution < 1.29 is 19.0 Å². The van der Waals surface area contributed by atoms with Crippen LogP contribution in [0.5, 0.6) is 0 Å². The van der Waals surface area contributed by atoms with Crippen LogP contribution in [-0.4, -0.2) is 73.0 Å². The molecule has 0 spiro atoms. The molecule has 3 rings (SSSR count). The molecule has 1 aliphatic heterocycles. The third-order valence-electron chi connectivity index (χ3n) is 6.01. The van der Waals surface area contributed by atoms with Gasteiger partial charge in [-0.3, -0.25) is 4.79 Å². The van der Waals surface area contributed by atoms with Crippen LogP contribution in [0.1, 0.15) is 48.9 Å². The number of anilines is 2. The average molecular weight is 555 g/mol. The van der Waals surface area contributed by atoms with Gasteiger partial charge in [-0.25, -0.2) is 0 Å². The van der Waals surface area contributed by atoms with E-state index in [0.717, 1.165) is 49.5 Å². The van der Waals surface area contributed by atoms with E-state index in [-0.39, 0.29) is 6.29 Å². The third kappa shape index (κ3) is 13.3. The van der Waals surface area contributed by atoms with Gasteiger partial charge in [-0.2, -0.15) is 0 Å². The number of nitrogens with zero attached hydrogens (tertiary/aromatic N) is 8. The van der Waals surface area contributed by atoms with Crippen molar-refractivity contribution in [2.75, 3.05) is 76.5 Å². The number of hydrogen-bond donors (Lipinski definition) is 0. The molecule has 0 radical (unpaired) electrons. The Hall–Kier alpha value is -3.79. The first-order valence-electron chi connectivity index (χ1n) is 13.4. The maximum atomic E-state index is 10.5. The van der Waals surface area contributed by atoms with E-state index >= 15 is 0 Å². The molecule has 2 aromatic carbocycles. The van der Waals surface area contributed by atoms with Crippen LogP contribution >= 0.6 is 0 Å². The molecule has 0 N–H and O–H groups in total. The lowest BCUT2D eigenvalue weighted by atomic mass is 10.2. The number of benzene rings is 2. The fraction of sp³-hybridized carbons (Fsp3) is 0.536. The summed E-state index contributed by atoms with van der Waals surface area (Å²) < 4.78 is 15.3. The highest BCUT2D eigenvalue weighted by Crippen LogP contribution is 2.21. The summed E-state index contributed by atoms with van der Waals surface area (Å²) in [5, 5.41) is 7.06. The fourth-order valence-corrected chi connectivity index (χ4v) is 3.84. The number of rotatable bonds is 14. The molecule has 0 aromatic heterocycles. The van der Waals surface area contributed by atoms with E-state index in [9.17, 15) is 4.79 Å². The van der Waals surface area contributed by atoms with E-state index in [1.807, 2.05) is 43.3 Å². The maximum absolute atomic E-state index is 10.5. The van der Waals surface area contributed by atoms with Crippen LogP contribution in [0, 0.1) is 0 Å². The molecule has 0 atom stereocenters. The summed E-state index contributed by atoms with van der Waals surface area (Å²) in [6.45, 7) is 10.1. The Kier molecular flexibility index (Phi) is 18.9. The molecule has 12 nitrogen and oxygen atoms in total. The second-order valence-electron chi connectivity index (χ2n) is 8.49. The van der Waals surface area contributed by atoms with Gasteiger partial charge < -0.3 is 24.0 Å². The second-order valence-corrected chi connectivity index (χ2v) is 8.49. The number of azide groups is 2. The van der Waals surface area contributed by atoms with E-state index in [1.54, 1.807) is 26.4 Å². The molecule has 0 bridgehead atoms. The quantitative estimate of drug-likeness (QED) is 0.0850. The zero-order valence-electron chi connectivity index (χ0n) is 24.1. The van der Waals surface area contributed by atoms with Crippen LogP contribution in [-0.2, 0) is 14.2 Å². The Bertz CT molecular complexity index is 1020. The first-order chi connectivity index (χ1) is 19.6. The Morgan fingerprint density at radius 1 is 0.850 bits per heavy atom. The van der Waals surface area contributed by atoms with Gasteiger partial charge in [0.2, 0.25) is 0 Å². The number of aldehydes is 1. The molecule has 0 aliphatic carbocycles. The number of hydrogen-bond acceptors (Lipinski definition) is 8. The van der Waals surface area contributed by atoms with Gasteiger partial charge >= 0.3 is 0 Å². The van der Waals surface area contributed by atoms with Crippen molar-refractivity contribution in [1.82, 2.24) is 0 Å². The van der Waals surface area contributed by atoms with Gasteiger partial charge in [-0.05, 0) is 74.1 Å². The van der Waals surface area contributed by atoms with E-state index in [2.05, 4.69) is 36.8 Å². The van der Waals surface area contributed by atoms with Crippen molar-refractivity contribution in [3.63, 3.8) is 0 Å². The van der Waals surface area contributed by atoms with Crippen molar-refractivity contribution in [3.05, 3.63) is 80.5 Å². The van der Waals surface area contributed by atoms with Crippen molar-refractivity contribution >= 4 is 17.7 Å². The number of carbonyl (C=O) groups excluding carboxylic acids is 1. The molecular formula is C28H42N8O4. The number of carbonyl (C=O) groups is 1. The highest BCUT2D eigenvalue weighted by molar-refractivity contribution is 5.75. The highest BCUT2D eigenvalue weighted by atomic mass is 16.7. The molecule has 1 saturated heterocycles. The van der Waals surface area contributed by atoms with Crippen molar-refractivity contribution in [2.24, 2.45) is 10.2 Å². The fourth-order valence-electron chi connectivity index (χ4n) is 3.84. The van der Waals surface area contributed by atoms with Crippen LogP contribution in [0.3, 0.4) is 0 Å². The lowest BCUT2D eigenvalue weighted by Crippen LogP contribution is -2.25. The predicted molar refractivity (Wildman–Crippen MR) is 159 cm³/mol. The number of ether oxygens (including phenoxy) is 3. The van der Waals surface area contributed by atoms with Crippen LogP contribution in [0.15, 0.2) is 58.8 Å². The maximum Gasteiger partial charge on any atom is 0.183 e. The molecule has 1 heterocycles. The Labute approximate surface area is 237 Å². The zero-order chi connectivity index (χ0) is 29.4. The molecule has 2 aromatic rings. The lowest BCUT2D eigenvalue weighted by Gasteiger charge is -2.23. The first-order valence-corrected chi connectivity index (χ1v) is 13.4. The summed E-state index contributed by atoms with van der Waals surface area (Å²) in [5.74, 6) is 0. The Morgan fingerprint density at radius 2 is 1.30 bits per heavy atom. The monoisotopic (exact) mass is 554 g/mol. The van der Waals surface area contributed by atoms with Crippen molar-refractivity contribution in [2.45, 2.75) is 33.0 Å². The van der Waals surface area contributed by atoms with Crippen molar-refractivity contribution in [3.8, 4) is 0 Å². The van der Waals surface area contributed by atoms with Gasteiger partial charge in [0.05, 0.1) is 0 Å². The van der Waals surface area contributed by atoms with E-state index in [1.165, 1.54) is 12.8 Å². The topological polar surface area (TPSA) is 149 Å². The molecule has 1 fully saturated rings. The minimum Gasteiger partial charge on any atom is -0.381 e. The summed E-state index contributed by atoms with van der Waals surface area (Å²) in [6, 6.07) is 15.3. The molecule has 218 valence electrons. The number of methoxy groups -OCH3 is 2. The Morgan fingerprint density at radius 3 is 1.62 bits per heavy atom. The Balaban J connectivity index is 0.000000343. The molecule has 12 heteroatoms. The van der Waals surface area contributed by atoms with E-state index in [4.69, 9.17) is 25.3 Å².